The Morgan fingerprint density at radius 3 is 2.17 bits per heavy atom. The van der Waals surface area contributed by atoms with Crippen LogP contribution in [0.25, 0.3) is 0 Å². The van der Waals surface area contributed by atoms with Gasteiger partial charge in [0.1, 0.15) is 0 Å². The van der Waals surface area contributed by atoms with Crippen LogP contribution in [0.5, 0.6) is 0 Å². The molecule has 2 aliphatic heterocycles. The van der Waals surface area contributed by atoms with Crippen LogP contribution in [0.15, 0.2) is 66.2 Å². The van der Waals surface area contributed by atoms with Crippen LogP contribution in [0.2, 0.25) is 5.02 Å². The standard InChI is InChI=1S/C14H19ClN4.C9H12.C3H8.C3H6.C2H2/c1-10-12-9-11(15)3-4-13(12)17-14(18(10)2)19-7-5-16-6-8-19;1-2-6-9-7-4-3-5-8-9;2*1-3-2;1-2/h3-4,9-10,16H,5-8H2,1-2H3;3-5,7-8H,2,6H2,1H3;3H2,1-2H3;3H,1H2,2H3;1-2H. The molecule has 0 bridgehead atoms. The second kappa shape index (κ2) is 20.5. The molecule has 2 aromatic rings. The minimum absolute atomic E-state index is 0.302. The molecule has 1 fully saturated rings. The van der Waals surface area contributed by atoms with Gasteiger partial charge in [-0.2, -0.15) is 0 Å². The maximum Gasteiger partial charge on any atom is 0.202 e. The van der Waals surface area contributed by atoms with Crippen molar-refractivity contribution in [3.8, 4) is 12.8 Å². The Morgan fingerprint density at radius 2 is 1.64 bits per heavy atom. The summed E-state index contributed by atoms with van der Waals surface area (Å²) in [5.74, 6) is 1.07. The summed E-state index contributed by atoms with van der Waals surface area (Å²) in [6, 6.07) is 16.8. The highest BCUT2D eigenvalue weighted by Crippen LogP contribution is 2.36. The van der Waals surface area contributed by atoms with E-state index < -0.39 is 0 Å². The molecule has 4 rings (SSSR count). The maximum absolute atomic E-state index is 6.09. The summed E-state index contributed by atoms with van der Waals surface area (Å²) in [5.41, 5.74) is 3.69. The van der Waals surface area contributed by atoms with Gasteiger partial charge in [-0.05, 0) is 44.0 Å². The lowest BCUT2D eigenvalue weighted by molar-refractivity contribution is 0.279. The van der Waals surface area contributed by atoms with Crippen molar-refractivity contribution in [2.75, 3.05) is 33.2 Å². The molecule has 198 valence electrons. The second-order valence-electron chi connectivity index (χ2n) is 8.49. The van der Waals surface area contributed by atoms with Gasteiger partial charge in [-0.3, -0.25) is 0 Å². The average molecular weight is 511 g/mol. The van der Waals surface area contributed by atoms with E-state index in [1.807, 2.05) is 25.1 Å². The molecule has 5 heteroatoms. The first-order chi connectivity index (χ1) is 17.4. The van der Waals surface area contributed by atoms with Gasteiger partial charge in [0.05, 0.1) is 11.7 Å². The molecule has 1 saturated heterocycles. The fraction of sp³-hybridized carbons (Fsp3) is 0.452. The van der Waals surface area contributed by atoms with Gasteiger partial charge in [0.2, 0.25) is 5.96 Å². The number of aliphatic imine (C=N–C) groups is 1. The summed E-state index contributed by atoms with van der Waals surface area (Å²) in [4.78, 5) is 9.42. The van der Waals surface area contributed by atoms with Gasteiger partial charge in [-0.15, -0.1) is 19.4 Å². The third-order valence-corrected chi connectivity index (χ3v) is 5.57. The summed E-state index contributed by atoms with van der Waals surface area (Å²) in [6.45, 7) is 18.0. The number of fused-ring (bicyclic) bond motifs is 1. The molecule has 0 aromatic heterocycles. The molecule has 1 unspecified atom stereocenters. The number of rotatable bonds is 2. The van der Waals surface area contributed by atoms with Crippen molar-refractivity contribution in [2.45, 2.75) is 59.9 Å². The van der Waals surface area contributed by atoms with Crippen LogP contribution in [-0.4, -0.2) is 49.0 Å². The van der Waals surface area contributed by atoms with Crippen LogP contribution < -0.4 is 5.32 Å². The number of nitrogens with one attached hydrogen (secondary N) is 1. The fourth-order valence-electron chi connectivity index (χ4n) is 3.62. The molecule has 2 heterocycles. The van der Waals surface area contributed by atoms with Gasteiger partial charge in [0.25, 0.3) is 0 Å². The second-order valence-corrected chi connectivity index (χ2v) is 8.93. The third-order valence-electron chi connectivity index (χ3n) is 5.34. The van der Waals surface area contributed by atoms with E-state index in [-0.39, 0.29) is 0 Å². The first kappa shape index (κ1) is 33.3. The summed E-state index contributed by atoms with van der Waals surface area (Å²) in [7, 11) is 2.11. The molecule has 0 radical (unpaired) electrons. The van der Waals surface area contributed by atoms with Crippen LogP contribution in [0.1, 0.15) is 64.6 Å². The van der Waals surface area contributed by atoms with Crippen molar-refractivity contribution in [3.63, 3.8) is 0 Å². The summed E-state index contributed by atoms with van der Waals surface area (Å²) >= 11 is 6.09. The van der Waals surface area contributed by atoms with Crippen LogP contribution >= 0.6 is 11.6 Å². The van der Waals surface area contributed by atoms with E-state index in [1.54, 1.807) is 6.08 Å². The van der Waals surface area contributed by atoms with Crippen molar-refractivity contribution in [1.82, 2.24) is 15.1 Å². The minimum atomic E-state index is 0.302. The van der Waals surface area contributed by atoms with Crippen LogP contribution in [0.4, 0.5) is 5.69 Å². The number of allylic oxidation sites excluding steroid dienone is 1. The highest BCUT2D eigenvalue weighted by Gasteiger charge is 2.28. The molecule has 2 aliphatic rings. The number of benzene rings is 2. The molecule has 0 amide bonds. The minimum Gasteiger partial charge on any atom is -0.340 e. The Balaban J connectivity index is 0.000000602. The van der Waals surface area contributed by atoms with Gasteiger partial charge >= 0.3 is 0 Å². The number of nitrogens with zero attached hydrogens (tertiary/aromatic N) is 3. The van der Waals surface area contributed by atoms with Crippen molar-refractivity contribution in [3.05, 3.63) is 77.3 Å². The summed E-state index contributed by atoms with van der Waals surface area (Å²) < 4.78 is 0. The quantitative estimate of drug-likeness (QED) is 0.331. The maximum atomic E-state index is 6.09. The number of piperazine rings is 1. The van der Waals surface area contributed by atoms with Crippen molar-refractivity contribution in [2.24, 2.45) is 4.99 Å². The third kappa shape index (κ3) is 11.8. The van der Waals surface area contributed by atoms with Gasteiger partial charge in [0, 0.05) is 43.8 Å². The normalized spacial score (nSPS) is 15.5. The van der Waals surface area contributed by atoms with Crippen LogP contribution in [0, 0.1) is 12.8 Å². The van der Waals surface area contributed by atoms with Gasteiger partial charge in [-0.1, -0.05) is 81.6 Å². The first-order valence-electron chi connectivity index (χ1n) is 12.9. The lowest BCUT2D eigenvalue weighted by Crippen LogP contribution is -2.52. The topological polar surface area (TPSA) is 30.9 Å². The lowest BCUT2D eigenvalue weighted by Gasteiger charge is -2.40. The lowest BCUT2D eigenvalue weighted by atomic mass is 10.0. The zero-order chi connectivity index (χ0) is 27.3. The molecule has 4 nitrogen and oxygen atoms in total. The van der Waals surface area contributed by atoms with Crippen LogP contribution in [0.3, 0.4) is 0 Å². The van der Waals surface area contributed by atoms with Crippen molar-refractivity contribution < 1.29 is 0 Å². The van der Waals surface area contributed by atoms with Gasteiger partial charge < -0.3 is 15.1 Å². The molecular formula is C31H47ClN4. The Kier molecular flexibility index (Phi) is 18.9. The molecular weight excluding hydrogens is 464 g/mol. The zero-order valence-corrected chi connectivity index (χ0v) is 24.1. The largest absolute Gasteiger partial charge is 0.340 e. The monoisotopic (exact) mass is 510 g/mol. The molecule has 0 spiro atoms. The van der Waals surface area contributed by atoms with Crippen molar-refractivity contribution in [1.29, 1.82) is 0 Å². The van der Waals surface area contributed by atoms with Crippen molar-refractivity contribution >= 4 is 23.2 Å². The highest BCUT2D eigenvalue weighted by atomic mass is 35.5. The van der Waals surface area contributed by atoms with E-state index in [2.05, 4.69) is 99.6 Å². The Labute approximate surface area is 226 Å². The number of guanidine groups is 1. The van der Waals surface area contributed by atoms with Crippen LogP contribution in [-0.2, 0) is 6.42 Å². The van der Waals surface area contributed by atoms with E-state index in [0.717, 1.165) is 42.8 Å². The van der Waals surface area contributed by atoms with Gasteiger partial charge in [-0.25, -0.2) is 4.99 Å². The fourth-order valence-corrected chi connectivity index (χ4v) is 3.80. The number of aryl methyl sites for hydroxylation is 1. The van der Waals surface area contributed by atoms with E-state index in [9.17, 15) is 0 Å². The van der Waals surface area contributed by atoms with E-state index in [0.29, 0.717) is 6.04 Å². The predicted octanol–water partition coefficient (Wildman–Crippen LogP) is 7.74. The summed E-state index contributed by atoms with van der Waals surface area (Å²) in [5, 5.41) is 4.15. The Morgan fingerprint density at radius 1 is 1.08 bits per heavy atom. The van der Waals surface area contributed by atoms with E-state index >= 15 is 0 Å². The average Bonchev–Trinajstić information content (AvgIpc) is 2.90. The molecule has 2 aromatic carbocycles. The predicted molar refractivity (Wildman–Crippen MR) is 161 cm³/mol. The number of terminal acetylenes is 1. The highest BCUT2D eigenvalue weighted by molar-refractivity contribution is 6.30. The molecule has 0 saturated carbocycles. The SMILES string of the molecule is C#C.C=CC.CC1c2cc(Cl)ccc2N=C(N2CCNCC2)N1C.CCC.CCCc1ccccc1. The number of hydrogen-bond acceptors (Lipinski definition) is 4. The summed E-state index contributed by atoms with van der Waals surface area (Å²) in [6.07, 6.45) is 13.4. The molecule has 0 aliphatic carbocycles. The molecule has 1 atom stereocenters. The number of halogens is 1. The molecule has 1 N–H and O–H groups in total. The molecule has 36 heavy (non-hydrogen) atoms. The smallest absolute Gasteiger partial charge is 0.202 e. The van der Waals surface area contributed by atoms with E-state index in [1.165, 1.54) is 30.4 Å². The van der Waals surface area contributed by atoms with Gasteiger partial charge in [0.15, 0.2) is 0 Å². The number of hydrogen-bond donors (Lipinski definition) is 1. The first-order valence-corrected chi connectivity index (χ1v) is 13.3. The zero-order valence-electron chi connectivity index (χ0n) is 23.3. The van der Waals surface area contributed by atoms with E-state index in [4.69, 9.17) is 16.6 Å². The Hall–Kier alpha value is -2.74. The Bertz CT molecular complexity index is 886.